The Bertz CT molecular complexity index is 918. The SMILES string of the molecule is NC1CN(C(=O)Cc2c[nH]c3cc(Cl)ccc23)Cc2ccccc21. The molecule has 24 heavy (non-hydrogen) atoms. The zero-order chi connectivity index (χ0) is 16.7. The van der Waals surface area contributed by atoms with Gasteiger partial charge in [-0.25, -0.2) is 0 Å². The number of H-pyrrole nitrogens is 1. The van der Waals surface area contributed by atoms with Crippen molar-refractivity contribution >= 4 is 28.4 Å². The summed E-state index contributed by atoms with van der Waals surface area (Å²) in [7, 11) is 0. The van der Waals surface area contributed by atoms with Crippen molar-refractivity contribution < 1.29 is 4.79 Å². The van der Waals surface area contributed by atoms with Crippen molar-refractivity contribution in [2.24, 2.45) is 5.73 Å². The van der Waals surface area contributed by atoms with Gasteiger partial charge in [-0.05, 0) is 28.8 Å². The van der Waals surface area contributed by atoms with Gasteiger partial charge in [0.05, 0.1) is 6.42 Å². The largest absolute Gasteiger partial charge is 0.361 e. The van der Waals surface area contributed by atoms with E-state index in [2.05, 4.69) is 4.98 Å². The minimum Gasteiger partial charge on any atom is -0.361 e. The van der Waals surface area contributed by atoms with E-state index in [1.807, 2.05) is 53.6 Å². The lowest BCUT2D eigenvalue weighted by Crippen LogP contribution is -2.41. The molecule has 1 unspecified atom stereocenters. The van der Waals surface area contributed by atoms with E-state index in [0.29, 0.717) is 24.5 Å². The molecule has 0 saturated heterocycles. The molecular formula is C19H18ClN3O. The van der Waals surface area contributed by atoms with Crippen LogP contribution in [-0.2, 0) is 17.8 Å². The first-order valence-electron chi connectivity index (χ1n) is 7.98. The molecule has 2 heterocycles. The Morgan fingerprint density at radius 3 is 3.00 bits per heavy atom. The van der Waals surface area contributed by atoms with Crippen LogP contribution in [0.4, 0.5) is 0 Å². The van der Waals surface area contributed by atoms with Crippen molar-refractivity contribution in [1.29, 1.82) is 0 Å². The minimum atomic E-state index is -0.124. The van der Waals surface area contributed by atoms with Crippen LogP contribution in [-0.4, -0.2) is 22.3 Å². The van der Waals surface area contributed by atoms with Crippen molar-refractivity contribution in [1.82, 2.24) is 9.88 Å². The van der Waals surface area contributed by atoms with Gasteiger partial charge >= 0.3 is 0 Å². The van der Waals surface area contributed by atoms with E-state index in [-0.39, 0.29) is 11.9 Å². The van der Waals surface area contributed by atoms with Gasteiger partial charge in [-0.3, -0.25) is 4.79 Å². The van der Waals surface area contributed by atoms with Crippen LogP contribution in [0.3, 0.4) is 0 Å². The lowest BCUT2D eigenvalue weighted by molar-refractivity contribution is -0.131. The predicted octanol–water partition coefficient (Wildman–Crippen LogP) is 3.41. The number of carbonyl (C=O) groups excluding carboxylic acids is 1. The highest BCUT2D eigenvalue weighted by molar-refractivity contribution is 6.31. The Balaban J connectivity index is 1.56. The molecule has 0 bridgehead atoms. The van der Waals surface area contributed by atoms with E-state index in [1.165, 1.54) is 0 Å². The van der Waals surface area contributed by atoms with Crippen molar-refractivity contribution in [3.8, 4) is 0 Å². The first-order chi connectivity index (χ1) is 11.6. The second-order valence-corrected chi connectivity index (χ2v) is 6.70. The number of nitrogens with one attached hydrogen (secondary N) is 1. The zero-order valence-corrected chi connectivity index (χ0v) is 13.9. The Kier molecular flexibility index (Phi) is 3.79. The number of benzene rings is 2. The number of amides is 1. The van der Waals surface area contributed by atoms with Crippen LogP contribution in [0.15, 0.2) is 48.7 Å². The molecule has 5 heteroatoms. The van der Waals surface area contributed by atoms with Gasteiger partial charge in [-0.1, -0.05) is 41.9 Å². The van der Waals surface area contributed by atoms with Gasteiger partial charge in [0.25, 0.3) is 0 Å². The maximum absolute atomic E-state index is 12.8. The highest BCUT2D eigenvalue weighted by atomic mass is 35.5. The number of aromatic nitrogens is 1. The molecule has 4 rings (SSSR count). The van der Waals surface area contributed by atoms with Crippen LogP contribution < -0.4 is 5.73 Å². The number of aromatic amines is 1. The Labute approximate surface area is 145 Å². The summed E-state index contributed by atoms with van der Waals surface area (Å²) in [5.74, 6) is 0.0933. The molecule has 0 radical (unpaired) electrons. The van der Waals surface area contributed by atoms with E-state index >= 15 is 0 Å². The van der Waals surface area contributed by atoms with Crippen LogP contribution in [0, 0.1) is 0 Å². The average molecular weight is 340 g/mol. The van der Waals surface area contributed by atoms with Crippen LogP contribution in [0.1, 0.15) is 22.7 Å². The monoisotopic (exact) mass is 339 g/mol. The predicted molar refractivity (Wildman–Crippen MR) is 95.8 cm³/mol. The smallest absolute Gasteiger partial charge is 0.227 e. The number of rotatable bonds is 2. The summed E-state index contributed by atoms with van der Waals surface area (Å²) in [6.07, 6.45) is 2.24. The third-order valence-corrected chi connectivity index (χ3v) is 4.89. The molecule has 0 fully saturated rings. The maximum atomic E-state index is 12.8. The number of hydrogen-bond acceptors (Lipinski definition) is 2. The van der Waals surface area contributed by atoms with Gasteiger partial charge in [0.1, 0.15) is 0 Å². The second kappa shape index (κ2) is 5.96. The quantitative estimate of drug-likeness (QED) is 0.751. The first-order valence-corrected chi connectivity index (χ1v) is 8.36. The molecule has 0 aliphatic carbocycles. The van der Waals surface area contributed by atoms with Crippen LogP contribution in [0.2, 0.25) is 5.02 Å². The molecule has 0 spiro atoms. The van der Waals surface area contributed by atoms with E-state index in [9.17, 15) is 4.79 Å². The standard InChI is InChI=1S/C19H18ClN3O/c20-14-5-6-16-13(9-22-18(16)8-14)7-19(24)23-10-12-3-1-2-4-15(12)17(21)11-23/h1-6,8-9,17,22H,7,10-11,21H2. The van der Waals surface area contributed by atoms with Crippen molar-refractivity contribution in [3.05, 3.63) is 70.4 Å². The van der Waals surface area contributed by atoms with Gasteiger partial charge in [0.15, 0.2) is 0 Å². The summed E-state index contributed by atoms with van der Waals surface area (Å²) in [6.45, 7) is 1.18. The molecule has 3 aromatic rings. The molecule has 1 aromatic heterocycles. The number of carbonyl (C=O) groups is 1. The summed E-state index contributed by atoms with van der Waals surface area (Å²) in [4.78, 5) is 17.8. The maximum Gasteiger partial charge on any atom is 0.227 e. The zero-order valence-electron chi connectivity index (χ0n) is 13.1. The normalized spacial score (nSPS) is 17.1. The van der Waals surface area contributed by atoms with Crippen molar-refractivity contribution in [3.63, 3.8) is 0 Å². The summed E-state index contributed by atoms with van der Waals surface area (Å²) in [5, 5.41) is 1.72. The minimum absolute atomic E-state index is 0.0933. The highest BCUT2D eigenvalue weighted by Gasteiger charge is 2.26. The fourth-order valence-electron chi connectivity index (χ4n) is 3.42. The summed E-state index contributed by atoms with van der Waals surface area (Å²) >= 11 is 6.01. The molecule has 4 nitrogen and oxygen atoms in total. The van der Waals surface area contributed by atoms with Gasteiger partial charge in [0, 0.05) is 41.3 Å². The van der Waals surface area contributed by atoms with Crippen molar-refractivity contribution in [2.75, 3.05) is 6.54 Å². The van der Waals surface area contributed by atoms with E-state index in [0.717, 1.165) is 27.6 Å². The molecule has 122 valence electrons. The van der Waals surface area contributed by atoms with Gasteiger partial charge in [0.2, 0.25) is 5.91 Å². The molecule has 1 aliphatic heterocycles. The number of nitrogens with two attached hydrogens (primary N) is 1. The molecule has 3 N–H and O–H groups in total. The lowest BCUT2D eigenvalue weighted by Gasteiger charge is -2.33. The number of halogens is 1. The molecule has 1 aliphatic rings. The molecule has 0 saturated carbocycles. The average Bonchev–Trinajstić information content (AvgIpc) is 2.96. The highest BCUT2D eigenvalue weighted by Crippen LogP contribution is 2.27. The third kappa shape index (κ3) is 2.68. The Hall–Kier alpha value is -2.30. The molecule has 1 atom stereocenters. The topological polar surface area (TPSA) is 62.1 Å². The number of fused-ring (bicyclic) bond motifs is 2. The molecule has 1 amide bonds. The fourth-order valence-corrected chi connectivity index (χ4v) is 3.59. The van der Waals surface area contributed by atoms with E-state index < -0.39 is 0 Å². The molecular weight excluding hydrogens is 322 g/mol. The van der Waals surface area contributed by atoms with Crippen molar-refractivity contribution in [2.45, 2.75) is 19.0 Å². The van der Waals surface area contributed by atoms with Gasteiger partial charge in [-0.2, -0.15) is 0 Å². The van der Waals surface area contributed by atoms with E-state index in [1.54, 1.807) is 0 Å². The lowest BCUT2D eigenvalue weighted by atomic mass is 9.95. The Morgan fingerprint density at radius 2 is 2.12 bits per heavy atom. The second-order valence-electron chi connectivity index (χ2n) is 6.26. The van der Waals surface area contributed by atoms with Gasteiger partial charge in [-0.15, -0.1) is 0 Å². The number of hydrogen-bond donors (Lipinski definition) is 2. The van der Waals surface area contributed by atoms with Gasteiger partial charge < -0.3 is 15.6 Å². The molecule has 2 aromatic carbocycles. The summed E-state index contributed by atoms with van der Waals surface area (Å²) < 4.78 is 0. The van der Waals surface area contributed by atoms with E-state index in [4.69, 9.17) is 17.3 Å². The van der Waals surface area contributed by atoms with Crippen LogP contribution in [0.25, 0.3) is 10.9 Å². The summed E-state index contributed by atoms with van der Waals surface area (Å²) in [5.41, 5.74) is 10.5. The van der Waals surface area contributed by atoms with Crippen LogP contribution >= 0.6 is 11.6 Å². The number of nitrogens with zero attached hydrogens (tertiary/aromatic N) is 1. The fraction of sp³-hybridized carbons (Fsp3) is 0.211. The first kappa shape index (κ1) is 15.2. The third-order valence-electron chi connectivity index (χ3n) is 4.66. The summed E-state index contributed by atoms with van der Waals surface area (Å²) in [6, 6.07) is 13.6. The van der Waals surface area contributed by atoms with Crippen LogP contribution in [0.5, 0.6) is 0 Å². The Morgan fingerprint density at radius 1 is 1.29 bits per heavy atom.